The van der Waals surface area contributed by atoms with E-state index in [0.29, 0.717) is 16.6 Å². The van der Waals surface area contributed by atoms with Crippen molar-refractivity contribution in [3.8, 4) is 0 Å². The summed E-state index contributed by atoms with van der Waals surface area (Å²) in [5.74, 6) is -0.294. The second kappa shape index (κ2) is 6.27. The van der Waals surface area contributed by atoms with E-state index >= 15 is 0 Å². The number of fused-ring (bicyclic) bond motifs is 1. The van der Waals surface area contributed by atoms with Gasteiger partial charge in [-0.25, -0.2) is 4.79 Å². The van der Waals surface area contributed by atoms with Gasteiger partial charge in [-0.1, -0.05) is 12.1 Å². The first-order valence-electron chi connectivity index (χ1n) is 7.07. The van der Waals surface area contributed by atoms with Gasteiger partial charge in [-0.2, -0.15) is 0 Å². The fraction of sp³-hybridized carbons (Fsp3) is 0.125. The maximum atomic E-state index is 12.3. The lowest BCUT2D eigenvalue weighted by Crippen LogP contribution is -2.36. The molecule has 7 heteroatoms. The highest BCUT2D eigenvalue weighted by Gasteiger charge is 2.09. The van der Waals surface area contributed by atoms with Gasteiger partial charge in [0.25, 0.3) is 5.56 Å². The molecule has 0 saturated heterocycles. The fourth-order valence-electron chi connectivity index (χ4n) is 2.28. The summed E-state index contributed by atoms with van der Waals surface area (Å²) in [6.45, 7) is 0.00506. The zero-order chi connectivity index (χ0) is 16.2. The van der Waals surface area contributed by atoms with Crippen molar-refractivity contribution in [3.63, 3.8) is 0 Å². The van der Waals surface area contributed by atoms with Gasteiger partial charge >= 0.3 is 5.69 Å². The van der Waals surface area contributed by atoms with E-state index in [1.54, 1.807) is 42.6 Å². The molecule has 1 aromatic carbocycles. The number of nitrogens with one attached hydrogen (secondary N) is 2. The molecule has 0 saturated carbocycles. The molecule has 0 atom stereocenters. The number of hydrogen-bond donors (Lipinski definition) is 2. The minimum atomic E-state index is -0.525. The second-order valence-corrected chi connectivity index (χ2v) is 4.97. The fourth-order valence-corrected chi connectivity index (χ4v) is 2.28. The van der Waals surface area contributed by atoms with Crippen molar-refractivity contribution in [3.05, 3.63) is 69.6 Å². The van der Waals surface area contributed by atoms with Gasteiger partial charge in [0, 0.05) is 19.2 Å². The van der Waals surface area contributed by atoms with Gasteiger partial charge < -0.3 is 10.3 Å². The Morgan fingerprint density at radius 3 is 2.78 bits per heavy atom. The summed E-state index contributed by atoms with van der Waals surface area (Å²) in [5.41, 5.74) is 0.122. The number of anilines is 1. The number of benzene rings is 1. The Bertz CT molecular complexity index is 960. The third-order valence-corrected chi connectivity index (χ3v) is 3.40. The number of carbonyl (C=O) groups excluding carboxylic acids is 1. The molecule has 0 radical (unpaired) electrons. The Labute approximate surface area is 130 Å². The molecule has 2 N–H and O–H groups in total. The molecule has 0 fully saturated rings. The van der Waals surface area contributed by atoms with Crippen LogP contribution in [0.4, 0.5) is 5.69 Å². The van der Waals surface area contributed by atoms with Crippen LogP contribution in [0.1, 0.15) is 6.42 Å². The zero-order valence-electron chi connectivity index (χ0n) is 12.2. The van der Waals surface area contributed by atoms with Gasteiger partial charge in [-0.05, 0) is 24.3 Å². The van der Waals surface area contributed by atoms with Gasteiger partial charge in [0.2, 0.25) is 5.91 Å². The van der Waals surface area contributed by atoms with Crippen molar-refractivity contribution < 1.29 is 4.79 Å². The van der Waals surface area contributed by atoms with Crippen LogP contribution in [0.2, 0.25) is 0 Å². The monoisotopic (exact) mass is 310 g/mol. The Hall–Kier alpha value is -3.22. The molecule has 2 heterocycles. The van der Waals surface area contributed by atoms with Crippen LogP contribution < -0.4 is 16.6 Å². The van der Waals surface area contributed by atoms with Crippen molar-refractivity contribution in [2.75, 3.05) is 5.32 Å². The number of nitrogens with zero attached hydrogens (tertiary/aromatic N) is 2. The largest absolute Gasteiger partial charge is 0.328 e. The Morgan fingerprint density at radius 1 is 1.17 bits per heavy atom. The molecule has 1 amide bonds. The van der Waals surface area contributed by atoms with Gasteiger partial charge in [-0.15, -0.1) is 0 Å². The molecular weight excluding hydrogens is 296 g/mol. The molecule has 3 aromatic rings. The van der Waals surface area contributed by atoms with Gasteiger partial charge in [-0.3, -0.25) is 19.1 Å². The summed E-state index contributed by atoms with van der Waals surface area (Å²) in [5, 5.41) is 3.08. The van der Waals surface area contributed by atoms with Gasteiger partial charge in [0.1, 0.15) is 0 Å². The number of aromatic nitrogens is 3. The predicted octanol–water partition coefficient (Wildman–Crippen LogP) is 1.11. The maximum absolute atomic E-state index is 12.3. The topological polar surface area (TPSA) is 96.9 Å². The molecule has 2 aromatic heterocycles. The Balaban J connectivity index is 1.78. The summed E-state index contributed by atoms with van der Waals surface area (Å²) < 4.78 is 1.03. The lowest BCUT2D eigenvalue weighted by atomic mass is 10.2. The molecule has 0 aliphatic carbocycles. The summed E-state index contributed by atoms with van der Waals surface area (Å²) >= 11 is 0. The van der Waals surface area contributed by atoms with Crippen LogP contribution in [-0.2, 0) is 11.3 Å². The van der Waals surface area contributed by atoms with Crippen molar-refractivity contribution in [1.82, 2.24) is 14.5 Å². The van der Waals surface area contributed by atoms with Crippen LogP contribution in [0.3, 0.4) is 0 Å². The Kier molecular flexibility index (Phi) is 4.01. The number of aromatic amines is 1. The van der Waals surface area contributed by atoms with Crippen molar-refractivity contribution in [2.45, 2.75) is 13.0 Å². The van der Waals surface area contributed by atoms with Crippen molar-refractivity contribution in [1.29, 1.82) is 0 Å². The van der Waals surface area contributed by atoms with E-state index < -0.39 is 11.2 Å². The summed E-state index contributed by atoms with van der Waals surface area (Å²) in [6.07, 6.45) is 3.13. The standard InChI is InChI=1S/C16H14N4O3/c21-14(18-11-4-3-8-17-10-11)7-9-20-15(22)12-5-1-2-6-13(12)19-16(20)23/h1-6,8,10H,7,9H2,(H,18,21)(H,19,23). The lowest BCUT2D eigenvalue weighted by Gasteiger charge is -2.07. The average Bonchev–Trinajstić information content (AvgIpc) is 2.55. The molecule has 0 aliphatic heterocycles. The normalized spacial score (nSPS) is 10.6. The molecule has 116 valence electrons. The first-order chi connectivity index (χ1) is 11.1. The molecule has 7 nitrogen and oxygen atoms in total. The van der Waals surface area contributed by atoms with E-state index in [2.05, 4.69) is 15.3 Å². The number of amides is 1. The third kappa shape index (κ3) is 3.18. The minimum absolute atomic E-state index is 0.00506. The second-order valence-electron chi connectivity index (χ2n) is 4.97. The summed E-state index contributed by atoms with van der Waals surface area (Å²) in [7, 11) is 0. The number of carbonyl (C=O) groups is 1. The van der Waals surface area contributed by atoms with E-state index in [1.807, 2.05) is 0 Å². The summed E-state index contributed by atoms with van der Waals surface area (Å²) in [4.78, 5) is 42.7. The highest BCUT2D eigenvalue weighted by Crippen LogP contribution is 2.05. The predicted molar refractivity (Wildman–Crippen MR) is 86.3 cm³/mol. The highest BCUT2D eigenvalue weighted by molar-refractivity contribution is 5.90. The third-order valence-electron chi connectivity index (χ3n) is 3.40. The number of hydrogen-bond acceptors (Lipinski definition) is 4. The van der Waals surface area contributed by atoms with Crippen LogP contribution in [-0.4, -0.2) is 20.4 Å². The maximum Gasteiger partial charge on any atom is 0.328 e. The van der Waals surface area contributed by atoms with Crippen LogP contribution in [0, 0.1) is 0 Å². The number of rotatable bonds is 4. The molecule has 0 aliphatic rings. The number of H-pyrrole nitrogens is 1. The molecule has 0 unspecified atom stereocenters. The first kappa shape index (κ1) is 14.7. The van der Waals surface area contributed by atoms with Crippen LogP contribution in [0.15, 0.2) is 58.4 Å². The first-order valence-corrected chi connectivity index (χ1v) is 7.07. The van der Waals surface area contributed by atoms with E-state index in [-0.39, 0.29) is 18.9 Å². The molecule has 0 bridgehead atoms. The quantitative estimate of drug-likeness (QED) is 0.754. The molecule has 3 rings (SSSR count). The molecule has 23 heavy (non-hydrogen) atoms. The van der Waals surface area contributed by atoms with Crippen LogP contribution in [0.25, 0.3) is 10.9 Å². The van der Waals surface area contributed by atoms with E-state index in [4.69, 9.17) is 0 Å². The smallest absolute Gasteiger partial charge is 0.325 e. The summed E-state index contributed by atoms with van der Waals surface area (Å²) in [6, 6.07) is 10.2. The Morgan fingerprint density at radius 2 is 2.00 bits per heavy atom. The van der Waals surface area contributed by atoms with Gasteiger partial charge in [0.05, 0.1) is 22.8 Å². The van der Waals surface area contributed by atoms with E-state index in [0.717, 1.165) is 4.57 Å². The van der Waals surface area contributed by atoms with Gasteiger partial charge in [0.15, 0.2) is 0 Å². The minimum Gasteiger partial charge on any atom is -0.325 e. The lowest BCUT2D eigenvalue weighted by molar-refractivity contribution is -0.116. The van der Waals surface area contributed by atoms with E-state index in [9.17, 15) is 14.4 Å². The van der Waals surface area contributed by atoms with Crippen LogP contribution >= 0.6 is 0 Å². The number of para-hydroxylation sites is 1. The zero-order valence-corrected chi connectivity index (χ0v) is 12.2. The van der Waals surface area contributed by atoms with Crippen molar-refractivity contribution in [2.24, 2.45) is 0 Å². The average molecular weight is 310 g/mol. The number of pyridine rings is 1. The van der Waals surface area contributed by atoms with Crippen molar-refractivity contribution >= 4 is 22.5 Å². The van der Waals surface area contributed by atoms with E-state index in [1.165, 1.54) is 6.20 Å². The highest BCUT2D eigenvalue weighted by atomic mass is 16.2. The van der Waals surface area contributed by atoms with Crippen LogP contribution in [0.5, 0.6) is 0 Å². The SMILES string of the molecule is O=C(CCn1c(=O)[nH]c2ccccc2c1=O)Nc1cccnc1. The molecular formula is C16H14N4O3. The molecule has 0 spiro atoms.